The largest absolute Gasteiger partial charge is 0.367 e. The molecule has 6 heteroatoms. The Labute approximate surface area is 111 Å². The van der Waals surface area contributed by atoms with Crippen molar-refractivity contribution in [1.82, 2.24) is 4.90 Å². The summed E-state index contributed by atoms with van der Waals surface area (Å²) in [6.45, 7) is 0.241. The molecular formula is C10H9IN2O2S. The molecular weight excluding hydrogens is 339 g/mol. The predicted octanol–water partition coefficient (Wildman–Crippen LogP) is 2.36. The van der Waals surface area contributed by atoms with Gasteiger partial charge >= 0.3 is 0 Å². The van der Waals surface area contributed by atoms with E-state index in [0.717, 1.165) is 21.0 Å². The molecule has 1 heterocycles. The van der Waals surface area contributed by atoms with Crippen LogP contribution < -0.4 is 5.32 Å². The maximum atomic E-state index is 11.3. The molecule has 0 saturated carbocycles. The third-order valence-electron chi connectivity index (χ3n) is 2.13. The van der Waals surface area contributed by atoms with Crippen molar-refractivity contribution < 1.29 is 9.59 Å². The first kappa shape index (κ1) is 11.7. The number of carbonyl (C=O) groups is 2. The third kappa shape index (κ3) is 2.67. The standard InChI is InChI=1S/C10H9IN2O2S/c11-7-1-3-8(4-2-7)12-6-13-9(14)5-16-10(13)15/h1-4,12H,5-6H2. The number of carbonyl (C=O) groups excluding carboxylic acids is 2. The Balaban J connectivity index is 1.94. The van der Waals surface area contributed by atoms with E-state index >= 15 is 0 Å². The van der Waals surface area contributed by atoms with Crippen LogP contribution in [0.3, 0.4) is 0 Å². The van der Waals surface area contributed by atoms with E-state index in [-0.39, 0.29) is 23.6 Å². The van der Waals surface area contributed by atoms with Crippen LogP contribution in [-0.4, -0.2) is 28.5 Å². The van der Waals surface area contributed by atoms with Crippen molar-refractivity contribution in [3.8, 4) is 0 Å². The van der Waals surface area contributed by atoms with Crippen LogP contribution in [0, 0.1) is 3.57 Å². The number of rotatable bonds is 3. The summed E-state index contributed by atoms with van der Waals surface area (Å²) >= 11 is 3.27. The van der Waals surface area contributed by atoms with Gasteiger partial charge in [-0.05, 0) is 46.9 Å². The van der Waals surface area contributed by atoms with Gasteiger partial charge in [0.25, 0.3) is 5.24 Å². The van der Waals surface area contributed by atoms with Crippen molar-refractivity contribution in [1.29, 1.82) is 0 Å². The molecule has 2 amide bonds. The van der Waals surface area contributed by atoms with E-state index in [1.165, 1.54) is 4.90 Å². The fourth-order valence-electron chi connectivity index (χ4n) is 1.27. The van der Waals surface area contributed by atoms with Crippen LogP contribution in [0.5, 0.6) is 0 Å². The fraction of sp³-hybridized carbons (Fsp3) is 0.200. The molecule has 1 aliphatic rings. The lowest BCUT2D eigenvalue weighted by atomic mass is 10.3. The van der Waals surface area contributed by atoms with Gasteiger partial charge in [0.05, 0.1) is 12.4 Å². The molecule has 0 aliphatic carbocycles. The molecule has 1 aromatic rings. The van der Waals surface area contributed by atoms with Gasteiger partial charge in [-0.15, -0.1) is 0 Å². The molecule has 1 saturated heterocycles. The zero-order chi connectivity index (χ0) is 11.5. The van der Waals surface area contributed by atoms with Crippen molar-refractivity contribution in [3.63, 3.8) is 0 Å². The number of nitrogens with one attached hydrogen (secondary N) is 1. The number of hydrogen-bond acceptors (Lipinski definition) is 4. The topological polar surface area (TPSA) is 49.4 Å². The lowest BCUT2D eigenvalue weighted by Gasteiger charge is -2.14. The summed E-state index contributed by atoms with van der Waals surface area (Å²) in [6, 6.07) is 7.76. The summed E-state index contributed by atoms with van der Waals surface area (Å²) in [5.74, 6) is 0.126. The number of amides is 2. The highest BCUT2D eigenvalue weighted by Crippen LogP contribution is 2.19. The van der Waals surface area contributed by atoms with E-state index < -0.39 is 0 Å². The van der Waals surface area contributed by atoms with E-state index in [2.05, 4.69) is 27.9 Å². The predicted molar refractivity (Wildman–Crippen MR) is 72.3 cm³/mol. The number of thioether (sulfide) groups is 1. The molecule has 1 N–H and O–H groups in total. The summed E-state index contributed by atoms with van der Waals surface area (Å²) < 4.78 is 1.15. The molecule has 1 aliphatic heterocycles. The number of imide groups is 1. The van der Waals surface area contributed by atoms with Crippen LogP contribution in [0.15, 0.2) is 24.3 Å². The van der Waals surface area contributed by atoms with Gasteiger partial charge in [0.2, 0.25) is 5.91 Å². The van der Waals surface area contributed by atoms with Crippen LogP contribution in [0.1, 0.15) is 0 Å². The first-order chi connectivity index (χ1) is 7.66. The Kier molecular flexibility index (Phi) is 3.70. The Morgan fingerprint density at radius 1 is 1.31 bits per heavy atom. The lowest BCUT2D eigenvalue weighted by molar-refractivity contribution is -0.124. The van der Waals surface area contributed by atoms with E-state index in [1.54, 1.807) is 0 Å². The molecule has 0 spiro atoms. The van der Waals surface area contributed by atoms with E-state index in [4.69, 9.17) is 0 Å². The van der Waals surface area contributed by atoms with Crippen LogP contribution in [0.2, 0.25) is 0 Å². The Hall–Kier alpha value is -0.760. The van der Waals surface area contributed by atoms with Gasteiger partial charge in [0.15, 0.2) is 0 Å². The minimum atomic E-state index is -0.178. The Morgan fingerprint density at radius 3 is 2.56 bits per heavy atom. The average molecular weight is 348 g/mol. The van der Waals surface area contributed by atoms with Crippen molar-refractivity contribution >= 4 is 51.2 Å². The zero-order valence-electron chi connectivity index (χ0n) is 8.27. The number of hydrogen-bond donors (Lipinski definition) is 1. The molecule has 2 rings (SSSR count). The molecule has 0 radical (unpaired) electrons. The molecule has 84 valence electrons. The minimum absolute atomic E-state index is 0.131. The van der Waals surface area contributed by atoms with Gasteiger partial charge in [-0.1, -0.05) is 11.8 Å². The van der Waals surface area contributed by atoms with Gasteiger partial charge in [-0.2, -0.15) is 0 Å². The number of anilines is 1. The second-order valence-electron chi connectivity index (χ2n) is 3.22. The molecule has 0 atom stereocenters. The highest BCUT2D eigenvalue weighted by Gasteiger charge is 2.29. The minimum Gasteiger partial charge on any atom is -0.367 e. The summed E-state index contributed by atoms with van der Waals surface area (Å²) in [4.78, 5) is 23.8. The van der Waals surface area contributed by atoms with Crippen molar-refractivity contribution in [2.75, 3.05) is 17.7 Å². The SMILES string of the molecule is O=C1CSC(=O)N1CNc1ccc(I)cc1. The normalized spacial score (nSPS) is 15.7. The Bertz CT molecular complexity index is 405. The van der Waals surface area contributed by atoms with Crippen LogP contribution in [0.25, 0.3) is 0 Å². The highest BCUT2D eigenvalue weighted by atomic mass is 127. The van der Waals surface area contributed by atoms with E-state index in [1.807, 2.05) is 24.3 Å². The first-order valence-electron chi connectivity index (χ1n) is 4.63. The zero-order valence-corrected chi connectivity index (χ0v) is 11.2. The second kappa shape index (κ2) is 5.05. The molecule has 0 unspecified atom stereocenters. The van der Waals surface area contributed by atoms with Gasteiger partial charge in [-0.25, -0.2) is 0 Å². The Morgan fingerprint density at radius 2 is 2.00 bits per heavy atom. The molecule has 1 aromatic carbocycles. The third-order valence-corrected chi connectivity index (χ3v) is 3.70. The summed E-state index contributed by atoms with van der Waals surface area (Å²) in [6.07, 6.45) is 0. The van der Waals surface area contributed by atoms with Crippen LogP contribution in [0.4, 0.5) is 10.5 Å². The molecule has 1 fully saturated rings. The number of benzene rings is 1. The monoisotopic (exact) mass is 348 g/mol. The van der Waals surface area contributed by atoms with Gasteiger partial charge in [0, 0.05) is 9.26 Å². The van der Waals surface area contributed by atoms with Gasteiger partial charge in [-0.3, -0.25) is 14.5 Å². The summed E-state index contributed by atoms with van der Waals surface area (Å²) in [5.41, 5.74) is 0.901. The average Bonchev–Trinajstić information content (AvgIpc) is 2.59. The molecule has 16 heavy (non-hydrogen) atoms. The first-order valence-corrected chi connectivity index (χ1v) is 6.70. The maximum absolute atomic E-state index is 11.3. The van der Waals surface area contributed by atoms with Crippen LogP contribution >= 0.6 is 34.4 Å². The number of halogens is 1. The van der Waals surface area contributed by atoms with Crippen molar-refractivity contribution in [3.05, 3.63) is 27.8 Å². The molecule has 4 nitrogen and oxygen atoms in total. The smallest absolute Gasteiger partial charge is 0.290 e. The van der Waals surface area contributed by atoms with Crippen LogP contribution in [-0.2, 0) is 4.79 Å². The fourth-order valence-corrected chi connectivity index (χ4v) is 2.36. The maximum Gasteiger partial charge on any atom is 0.290 e. The van der Waals surface area contributed by atoms with E-state index in [0.29, 0.717) is 0 Å². The quantitative estimate of drug-likeness (QED) is 0.852. The van der Waals surface area contributed by atoms with Crippen molar-refractivity contribution in [2.24, 2.45) is 0 Å². The molecule has 0 aromatic heterocycles. The van der Waals surface area contributed by atoms with Crippen molar-refractivity contribution in [2.45, 2.75) is 0 Å². The van der Waals surface area contributed by atoms with E-state index in [9.17, 15) is 9.59 Å². The summed E-state index contributed by atoms with van der Waals surface area (Å²) in [5, 5.41) is 2.86. The second-order valence-corrected chi connectivity index (χ2v) is 5.39. The molecule has 0 bridgehead atoms. The van der Waals surface area contributed by atoms with Gasteiger partial charge < -0.3 is 5.32 Å². The summed E-state index contributed by atoms with van der Waals surface area (Å²) in [7, 11) is 0. The highest BCUT2D eigenvalue weighted by molar-refractivity contribution is 14.1. The number of nitrogens with zero attached hydrogens (tertiary/aromatic N) is 1. The lowest BCUT2D eigenvalue weighted by Crippen LogP contribution is -2.33. The van der Waals surface area contributed by atoms with Gasteiger partial charge in [0.1, 0.15) is 0 Å².